The number of carbonyl (C=O) groups excluding carboxylic acids is 1. The summed E-state index contributed by atoms with van der Waals surface area (Å²) in [5, 5.41) is 11.3. The third kappa shape index (κ3) is 4.29. The third-order valence-corrected chi connectivity index (χ3v) is 4.56. The van der Waals surface area contributed by atoms with E-state index >= 15 is 0 Å². The number of nitrogens with one attached hydrogen (secondary N) is 1. The number of anilines is 1. The minimum Gasteiger partial charge on any atom is -0.497 e. The molecular weight excluding hydrogens is 368 g/mol. The Labute approximate surface area is 159 Å². The van der Waals surface area contributed by atoms with Crippen molar-refractivity contribution in [2.24, 2.45) is 0 Å². The van der Waals surface area contributed by atoms with Gasteiger partial charge in [0.1, 0.15) is 11.5 Å². The number of amides is 1. The molecule has 27 heavy (non-hydrogen) atoms. The highest BCUT2D eigenvalue weighted by Gasteiger charge is 2.15. The fourth-order valence-corrected chi connectivity index (χ4v) is 2.96. The van der Waals surface area contributed by atoms with Crippen molar-refractivity contribution >= 4 is 23.4 Å². The van der Waals surface area contributed by atoms with Gasteiger partial charge in [-0.15, -0.1) is 10.2 Å². The maximum absolute atomic E-state index is 12.3. The maximum Gasteiger partial charge on any atom is 0.234 e. The zero-order valence-electron chi connectivity index (χ0n) is 14.7. The summed E-state index contributed by atoms with van der Waals surface area (Å²) < 4.78 is 11.8. The Morgan fingerprint density at radius 3 is 2.67 bits per heavy atom. The van der Waals surface area contributed by atoms with Gasteiger partial charge in [0, 0.05) is 24.0 Å². The van der Waals surface area contributed by atoms with Crippen LogP contribution in [0.4, 0.5) is 5.69 Å². The van der Waals surface area contributed by atoms with Gasteiger partial charge >= 0.3 is 0 Å². The van der Waals surface area contributed by atoms with Crippen molar-refractivity contribution in [1.29, 1.82) is 0 Å². The van der Waals surface area contributed by atoms with Gasteiger partial charge in [-0.1, -0.05) is 11.8 Å². The maximum atomic E-state index is 12.3. The molecule has 0 radical (unpaired) electrons. The summed E-state index contributed by atoms with van der Waals surface area (Å²) in [6, 6.07) is 8.72. The van der Waals surface area contributed by atoms with E-state index in [-0.39, 0.29) is 11.7 Å². The molecule has 10 heteroatoms. The summed E-state index contributed by atoms with van der Waals surface area (Å²) >= 11 is 1.18. The van der Waals surface area contributed by atoms with Crippen LogP contribution in [0.5, 0.6) is 11.5 Å². The molecule has 0 fully saturated rings. The van der Waals surface area contributed by atoms with E-state index in [0.29, 0.717) is 28.2 Å². The number of methoxy groups -OCH3 is 2. The monoisotopic (exact) mass is 386 g/mol. The van der Waals surface area contributed by atoms with E-state index in [0.717, 1.165) is 5.56 Å². The van der Waals surface area contributed by atoms with E-state index < -0.39 is 0 Å². The number of carbonyl (C=O) groups is 1. The average molecular weight is 386 g/mol. The van der Waals surface area contributed by atoms with E-state index in [1.54, 1.807) is 49.8 Å². The molecule has 2 heterocycles. The topological polar surface area (TPSA) is 117 Å². The molecule has 3 rings (SSSR count). The van der Waals surface area contributed by atoms with Crippen LogP contribution in [0.2, 0.25) is 0 Å². The zero-order chi connectivity index (χ0) is 19.2. The molecule has 3 aromatic rings. The largest absolute Gasteiger partial charge is 0.497 e. The number of nitrogens with two attached hydrogens (primary N) is 1. The molecule has 0 aliphatic carbocycles. The molecule has 0 bridgehead atoms. The highest BCUT2D eigenvalue weighted by atomic mass is 32.2. The van der Waals surface area contributed by atoms with Gasteiger partial charge in [-0.3, -0.25) is 9.78 Å². The highest BCUT2D eigenvalue weighted by Crippen LogP contribution is 2.29. The van der Waals surface area contributed by atoms with Gasteiger partial charge in [-0.05, 0) is 24.3 Å². The molecule has 1 aromatic carbocycles. The third-order valence-electron chi connectivity index (χ3n) is 3.62. The Bertz CT molecular complexity index is 932. The van der Waals surface area contributed by atoms with Crippen molar-refractivity contribution in [1.82, 2.24) is 19.9 Å². The van der Waals surface area contributed by atoms with E-state index in [2.05, 4.69) is 20.5 Å². The van der Waals surface area contributed by atoms with Crippen LogP contribution in [0, 0.1) is 0 Å². The number of thioether (sulfide) groups is 1. The minimum atomic E-state index is -0.236. The molecule has 0 saturated heterocycles. The summed E-state index contributed by atoms with van der Waals surface area (Å²) in [6.45, 7) is 0. The second kappa shape index (κ2) is 8.41. The van der Waals surface area contributed by atoms with E-state index in [1.165, 1.54) is 23.5 Å². The molecule has 9 nitrogen and oxygen atoms in total. The first-order valence-electron chi connectivity index (χ1n) is 7.88. The Kier molecular flexibility index (Phi) is 5.77. The number of benzene rings is 1. The van der Waals surface area contributed by atoms with Gasteiger partial charge in [0.05, 0.1) is 25.7 Å². The fourth-order valence-electron chi connectivity index (χ4n) is 2.30. The van der Waals surface area contributed by atoms with Crippen molar-refractivity contribution in [3.63, 3.8) is 0 Å². The number of nitrogen functional groups attached to an aromatic ring is 1. The Balaban J connectivity index is 1.66. The molecule has 3 N–H and O–H groups in total. The average Bonchev–Trinajstić information content (AvgIpc) is 3.07. The second-order valence-electron chi connectivity index (χ2n) is 5.32. The van der Waals surface area contributed by atoms with Crippen LogP contribution >= 0.6 is 11.8 Å². The minimum absolute atomic E-state index is 0.103. The number of ether oxygens (including phenoxy) is 2. The summed E-state index contributed by atoms with van der Waals surface area (Å²) in [5.74, 6) is 7.55. The summed E-state index contributed by atoms with van der Waals surface area (Å²) in [4.78, 5) is 16.3. The normalized spacial score (nSPS) is 10.4. The van der Waals surface area contributed by atoms with Crippen molar-refractivity contribution in [2.75, 3.05) is 31.1 Å². The Morgan fingerprint density at radius 1 is 1.19 bits per heavy atom. The van der Waals surface area contributed by atoms with Crippen LogP contribution in [0.1, 0.15) is 0 Å². The van der Waals surface area contributed by atoms with Crippen LogP contribution in [-0.4, -0.2) is 45.7 Å². The smallest absolute Gasteiger partial charge is 0.234 e. The summed E-state index contributed by atoms with van der Waals surface area (Å²) in [7, 11) is 3.08. The molecule has 1 amide bonds. The van der Waals surface area contributed by atoms with Gasteiger partial charge in [-0.25, -0.2) is 4.68 Å². The lowest BCUT2D eigenvalue weighted by Gasteiger charge is -2.11. The number of nitrogens with zero attached hydrogens (tertiary/aromatic N) is 4. The van der Waals surface area contributed by atoms with Crippen LogP contribution in [0.3, 0.4) is 0 Å². The molecule has 2 aromatic heterocycles. The van der Waals surface area contributed by atoms with E-state index in [4.69, 9.17) is 15.3 Å². The molecule has 0 aliphatic heterocycles. The first kappa shape index (κ1) is 18.5. The highest BCUT2D eigenvalue weighted by molar-refractivity contribution is 7.99. The Morgan fingerprint density at radius 2 is 1.96 bits per heavy atom. The first-order valence-corrected chi connectivity index (χ1v) is 8.86. The van der Waals surface area contributed by atoms with Crippen LogP contribution in [0.25, 0.3) is 11.4 Å². The zero-order valence-corrected chi connectivity index (χ0v) is 15.6. The predicted molar refractivity (Wildman–Crippen MR) is 102 cm³/mol. The first-order chi connectivity index (χ1) is 13.1. The number of rotatable bonds is 7. The van der Waals surface area contributed by atoms with Crippen molar-refractivity contribution < 1.29 is 14.3 Å². The predicted octanol–water partition coefficient (Wildman–Crippen LogP) is 1.80. The number of hydrogen-bond donors (Lipinski definition) is 2. The lowest BCUT2D eigenvalue weighted by atomic mass is 10.2. The lowest BCUT2D eigenvalue weighted by Crippen LogP contribution is -2.17. The SMILES string of the molecule is COc1ccc(OC)c(NC(=O)CSc2nnc(-c3ccncc3)n2N)c1. The molecule has 0 saturated carbocycles. The van der Waals surface area contributed by atoms with Crippen LogP contribution < -0.4 is 20.6 Å². The molecule has 0 atom stereocenters. The van der Waals surface area contributed by atoms with Gasteiger partial charge in [0.25, 0.3) is 0 Å². The lowest BCUT2D eigenvalue weighted by molar-refractivity contribution is -0.113. The van der Waals surface area contributed by atoms with Crippen molar-refractivity contribution in [3.8, 4) is 22.9 Å². The van der Waals surface area contributed by atoms with Gasteiger partial charge in [0.15, 0.2) is 5.82 Å². The quantitative estimate of drug-likeness (QED) is 0.466. The summed E-state index contributed by atoms with van der Waals surface area (Å²) in [5.41, 5.74) is 1.31. The number of aromatic nitrogens is 4. The van der Waals surface area contributed by atoms with Crippen LogP contribution in [0.15, 0.2) is 47.9 Å². The van der Waals surface area contributed by atoms with Gasteiger partial charge in [0.2, 0.25) is 11.1 Å². The standard InChI is InChI=1S/C17H18N6O3S/c1-25-12-3-4-14(26-2)13(9-12)20-15(24)10-27-17-22-21-16(23(17)18)11-5-7-19-8-6-11/h3-9H,10,18H2,1-2H3,(H,20,24). The molecule has 0 unspecified atom stereocenters. The fraction of sp³-hybridized carbons (Fsp3) is 0.176. The number of pyridine rings is 1. The van der Waals surface area contributed by atoms with Crippen molar-refractivity contribution in [2.45, 2.75) is 5.16 Å². The summed E-state index contributed by atoms with van der Waals surface area (Å²) in [6.07, 6.45) is 3.29. The molecule has 140 valence electrons. The molecule has 0 spiro atoms. The Hall–Kier alpha value is -3.27. The number of hydrogen-bond acceptors (Lipinski definition) is 8. The van der Waals surface area contributed by atoms with Gasteiger partial charge < -0.3 is 20.6 Å². The van der Waals surface area contributed by atoms with Gasteiger partial charge in [-0.2, -0.15) is 0 Å². The van der Waals surface area contributed by atoms with Crippen molar-refractivity contribution in [3.05, 3.63) is 42.7 Å². The molecular formula is C17H18N6O3S. The second-order valence-corrected chi connectivity index (χ2v) is 6.26. The van der Waals surface area contributed by atoms with E-state index in [9.17, 15) is 4.79 Å². The molecule has 0 aliphatic rings. The van der Waals surface area contributed by atoms with Crippen LogP contribution in [-0.2, 0) is 4.79 Å². The van der Waals surface area contributed by atoms with E-state index in [1.807, 2.05) is 0 Å².